The molecule has 2 aromatic rings. The summed E-state index contributed by atoms with van der Waals surface area (Å²) in [4.78, 5) is 20.9. The molecule has 0 amide bonds. The third-order valence-electron chi connectivity index (χ3n) is 1.64. The molecule has 19 heavy (non-hydrogen) atoms. The third-order valence-corrected chi connectivity index (χ3v) is 4.71. The van der Waals surface area contributed by atoms with Crippen molar-refractivity contribution in [2.75, 3.05) is 0 Å². The van der Waals surface area contributed by atoms with Crippen LogP contribution >= 0.6 is 57.5 Å². The van der Waals surface area contributed by atoms with Gasteiger partial charge >= 0.3 is 11.9 Å². The number of aromatic carboxylic acids is 2. The van der Waals surface area contributed by atoms with Gasteiger partial charge in [0.25, 0.3) is 0 Å². The van der Waals surface area contributed by atoms with E-state index < -0.39 is 11.9 Å². The Balaban J connectivity index is 0.000000191. The van der Waals surface area contributed by atoms with Crippen LogP contribution < -0.4 is 0 Å². The minimum Gasteiger partial charge on any atom is -0.477 e. The number of thiophene rings is 2. The number of hydrogen-bond donors (Lipinski definition) is 2. The molecule has 0 fully saturated rings. The molecule has 2 N–H and O–H groups in total. The topological polar surface area (TPSA) is 74.6 Å². The number of rotatable bonds is 2. The summed E-state index contributed by atoms with van der Waals surface area (Å²) in [6.07, 6.45) is 0. The van der Waals surface area contributed by atoms with Crippen molar-refractivity contribution >= 4 is 69.4 Å². The Hall–Kier alpha value is -0.790. The van der Waals surface area contributed by atoms with E-state index in [2.05, 4.69) is 0 Å². The van der Waals surface area contributed by atoms with Gasteiger partial charge in [0.2, 0.25) is 0 Å². The van der Waals surface area contributed by atoms with E-state index in [4.69, 9.17) is 45.0 Å². The van der Waals surface area contributed by atoms with Gasteiger partial charge in [-0.15, -0.1) is 22.7 Å². The summed E-state index contributed by atoms with van der Waals surface area (Å²) in [7, 11) is 0. The van der Waals surface area contributed by atoms with E-state index in [0.717, 1.165) is 22.7 Å². The van der Waals surface area contributed by atoms with Gasteiger partial charge in [-0.25, -0.2) is 9.59 Å². The molecular weight excluding hydrogens is 355 g/mol. The highest BCUT2D eigenvalue weighted by Gasteiger charge is 2.09. The zero-order valence-electron chi connectivity index (χ0n) is 8.89. The lowest BCUT2D eigenvalue weighted by molar-refractivity contribution is 0.0691. The van der Waals surface area contributed by atoms with Gasteiger partial charge < -0.3 is 10.2 Å². The van der Waals surface area contributed by atoms with Crippen LogP contribution in [-0.4, -0.2) is 22.2 Å². The van der Waals surface area contributed by atoms with E-state index in [1.807, 2.05) is 0 Å². The fraction of sp³-hybridized carbons (Fsp3) is 0. The van der Waals surface area contributed by atoms with Gasteiger partial charge in [-0.05, 0) is 18.2 Å². The molecule has 4 nitrogen and oxygen atoms in total. The quantitative estimate of drug-likeness (QED) is 0.803. The predicted molar refractivity (Wildman–Crippen MR) is 77.6 cm³/mol. The number of carboxylic acids is 2. The first kappa shape index (κ1) is 16.3. The maximum atomic E-state index is 10.3. The molecule has 0 aliphatic heterocycles. The maximum absolute atomic E-state index is 10.3. The highest BCUT2D eigenvalue weighted by atomic mass is 35.5. The number of halogens is 3. The minimum atomic E-state index is -1.00. The number of hydrogen-bond acceptors (Lipinski definition) is 4. The highest BCUT2D eigenvalue weighted by molar-refractivity contribution is 7.18. The molecule has 0 aliphatic carbocycles. The fourth-order valence-corrected chi connectivity index (χ4v) is 2.97. The second kappa shape index (κ2) is 7.12. The van der Waals surface area contributed by atoms with Crippen molar-refractivity contribution in [3.05, 3.63) is 41.6 Å². The average Bonchev–Trinajstić information content (AvgIpc) is 2.88. The molecule has 0 aliphatic rings. The third kappa shape index (κ3) is 5.00. The van der Waals surface area contributed by atoms with Gasteiger partial charge in [0, 0.05) is 0 Å². The Morgan fingerprint density at radius 1 is 0.947 bits per heavy atom. The van der Waals surface area contributed by atoms with E-state index in [1.165, 1.54) is 12.1 Å². The first-order valence-electron chi connectivity index (χ1n) is 4.48. The summed E-state index contributed by atoms with van der Waals surface area (Å²) in [6.45, 7) is 0. The molecule has 0 atom stereocenters. The minimum absolute atomic E-state index is 0.162. The van der Waals surface area contributed by atoms with Crippen molar-refractivity contribution in [2.24, 2.45) is 0 Å². The number of carbonyl (C=O) groups is 2. The molecule has 0 saturated heterocycles. The maximum Gasteiger partial charge on any atom is 0.345 e. The van der Waals surface area contributed by atoms with Crippen LogP contribution in [0.5, 0.6) is 0 Å². The molecule has 0 saturated carbocycles. The van der Waals surface area contributed by atoms with Crippen LogP contribution in [0.25, 0.3) is 0 Å². The standard InChI is InChI=1S/C5H2Cl2O2S.C5H3ClO2S/c6-2-1-3(5(8)9)10-4(2)7;6-4-2-1-3(9-4)5(7)8/h1H,(H,8,9);1-2H,(H,7,8). The molecule has 0 radical (unpaired) electrons. The van der Waals surface area contributed by atoms with Crippen molar-refractivity contribution < 1.29 is 19.8 Å². The summed E-state index contributed by atoms with van der Waals surface area (Å²) >= 11 is 18.5. The van der Waals surface area contributed by atoms with Crippen molar-refractivity contribution in [2.45, 2.75) is 0 Å². The molecule has 0 aromatic carbocycles. The summed E-state index contributed by atoms with van der Waals surface area (Å²) in [5.41, 5.74) is 0. The lowest BCUT2D eigenvalue weighted by Crippen LogP contribution is -1.89. The van der Waals surface area contributed by atoms with Gasteiger partial charge in [0.1, 0.15) is 14.1 Å². The number of carboxylic acid groups (broad SMARTS) is 2. The lowest BCUT2D eigenvalue weighted by atomic mass is 10.5. The Bertz CT molecular complexity index is 586. The molecule has 102 valence electrons. The largest absolute Gasteiger partial charge is 0.477 e. The van der Waals surface area contributed by atoms with Crippen molar-refractivity contribution in [1.29, 1.82) is 0 Å². The Labute approximate surface area is 130 Å². The molecule has 2 rings (SSSR count). The normalized spacial score (nSPS) is 9.63. The van der Waals surface area contributed by atoms with Gasteiger partial charge in [-0.1, -0.05) is 34.8 Å². The van der Waals surface area contributed by atoms with Crippen LogP contribution in [0.15, 0.2) is 18.2 Å². The van der Waals surface area contributed by atoms with Crippen molar-refractivity contribution in [1.82, 2.24) is 0 Å². The van der Waals surface area contributed by atoms with Crippen LogP contribution in [-0.2, 0) is 0 Å². The highest BCUT2D eigenvalue weighted by Crippen LogP contribution is 2.31. The predicted octanol–water partition coefficient (Wildman–Crippen LogP) is 4.85. The lowest BCUT2D eigenvalue weighted by Gasteiger charge is -1.79. The fourth-order valence-electron chi connectivity index (χ4n) is 0.881. The molecule has 0 spiro atoms. The zero-order chi connectivity index (χ0) is 14.6. The van der Waals surface area contributed by atoms with Gasteiger partial charge in [-0.2, -0.15) is 0 Å². The van der Waals surface area contributed by atoms with Crippen LogP contribution in [0.2, 0.25) is 13.7 Å². The molecule has 2 aromatic heterocycles. The Morgan fingerprint density at radius 2 is 1.53 bits per heavy atom. The monoisotopic (exact) mass is 358 g/mol. The van der Waals surface area contributed by atoms with Gasteiger partial charge in [0.15, 0.2) is 0 Å². The first-order chi connectivity index (χ1) is 8.81. The summed E-state index contributed by atoms with van der Waals surface area (Å²) in [5.74, 6) is -1.93. The molecular formula is C10H5Cl3O4S2. The first-order valence-corrected chi connectivity index (χ1v) is 7.24. The molecule has 2 heterocycles. The van der Waals surface area contributed by atoms with E-state index in [9.17, 15) is 9.59 Å². The zero-order valence-corrected chi connectivity index (χ0v) is 12.8. The summed E-state index contributed by atoms with van der Waals surface area (Å²) in [6, 6.07) is 4.38. The Kier molecular flexibility index (Phi) is 6.09. The van der Waals surface area contributed by atoms with Crippen molar-refractivity contribution in [3.63, 3.8) is 0 Å². The molecule has 9 heteroatoms. The summed E-state index contributed by atoms with van der Waals surface area (Å²) in [5, 5.41) is 17.1. The van der Waals surface area contributed by atoms with Gasteiger partial charge in [-0.3, -0.25) is 0 Å². The van der Waals surface area contributed by atoms with Crippen molar-refractivity contribution in [3.8, 4) is 0 Å². The van der Waals surface area contributed by atoms with Crippen LogP contribution in [0, 0.1) is 0 Å². The van der Waals surface area contributed by atoms with E-state index in [0.29, 0.717) is 13.7 Å². The second-order valence-corrected chi connectivity index (χ2v) is 6.72. The average molecular weight is 360 g/mol. The van der Waals surface area contributed by atoms with E-state index in [1.54, 1.807) is 6.07 Å². The summed E-state index contributed by atoms with van der Waals surface area (Å²) < 4.78 is 0.825. The SMILES string of the molecule is O=C(O)c1cc(Cl)c(Cl)s1.O=C(O)c1ccc(Cl)s1. The van der Waals surface area contributed by atoms with Crippen LogP contribution in [0.3, 0.4) is 0 Å². The van der Waals surface area contributed by atoms with E-state index >= 15 is 0 Å². The molecule has 0 bridgehead atoms. The second-order valence-electron chi connectivity index (χ2n) is 2.95. The molecule has 0 unspecified atom stereocenters. The Morgan fingerprint density at radius 3 is 1.74 bits per heavy atom. The van der Waals surface area contributed by atoms with Gasteiger partial charge in [0.05, 0.1) is 9.36 Å². The van der Waals surface area contributed by atoms with Crippen LogP contribution in [0.4, 0.5) is 0 Å². The van der Waals surface area contributed by atoms with E-state index in [-0.39, 0.29) is 9.75 Å². The van der Waals surface area contributed by atoms with Crippen LogP contribution in [0.1, 0.15) is 19.3 Å². The smallest absolute Gasteiger partial charge is 0.345 e.